The van der Waals surface area contributed by atoms with Crippen LogP contribution >= 0.6 is 0 Å². The van der Waals surface area contributed by atoms with Gasteiger partial charge in [0, 0.05) is 0 Å². The number of esters is 1. The first-order chi connectivity index (χ1) is 13.1. The summed E-state index contributed by atoms with van der Waals surface area (Å²) in [5.74, 6) is 2.50. The molecule has 3 rings (SSSR count). The third-order valence-corrected chi connectivity index (χ3v) is 3.92. The zero-order chi connectivity index (χ0) is 19.1. The summed E-state index contributed by atoms with van der Waals surface area (Å²) < 4.78 is 16.2. The fourth-order valence-corrected chi connectivity index (χ4v) is 2.52. The van der Waals surface area contributed by atoms with Gasteiger partial charge >= 0.3 is 5.97 Å². The van der Waals surface area contributed by atoms with Crippen LogP contribution in [-0.4, -0.2) is 19.1 Å². The molecule has 138 valence electrons. The molecule has 0 saturated carbocycles. The summed E-state index contributed by atoms with van der Waals surface area (Å²) in [6, 6.07) is 23.8. The highest BCUT2D eigenvalue weighted by atomic mass is 16.5. The van der Waals surface area contributed by atoms with E-state index >= 15 is 0 Å². The van der Waals surface area contributed by atoms with Crippen molar-refractivity contribution in [3.05, 3.63) is 84.4 Å². The quantitative estimate of drug-likeness (QED) is 0.633. The second-order valence-corrected chi connectivity index (χ2v) is 5.97. The number of ether oxygens (including phenoxy) is 3. The van der Waals surface area contributed by atoms with Gasteiger partial charge in [-0.3, -0.25) is 4.79 Å². The molecule has 2 N–H and O–H groups in total. The smallest absolute Gasteiger partial charge is 0.322 e. The minimum Gasteiger partial charge on any atom is -0.468 e. The third kappa shape index (κ3) is 5.33. The summed E-state index contributed by atoms with van der Waals surface area (Å²) in [6.07, 6.45) is 0.415. The van der Waals surface area contributed by atoms with Gasteiger partial charge in [0.2, 0.25) is 0 Å². The maximum atomic E-state index is 11.4. The Morgan fingerprint density at radius 3 is 1.70 bits per heavy atom. The lowest BCUT2D eigenvalue weighted by Gasteiger charge is -2.11. The number of carbonyl (C=O) groups is 1. The van der Waals surface area contributed by atoms with Crippen LogP contribution in [0.1, 0.15) is 5.56 Å². The van der Waals surface area contributed by atoms with Crippen LogP contribution < -0.4 is 15.2 Å². The number of para-hydroxylation sites is 1. The lowest BCUT2D eigenvalue weighted by molar-refractivity contribution is -0.142. The predicted octanol–water partition coefficient (Wildman–Crippen LogP) is 4.31. The van der Waals surface area contributed by atoms with Gasteiger partial charge in [0.05, 0.1) is 7.11 Å². The summed E-state index contributed by atoms with van der Waals surface area (Å²) in [5, 5.41) is 0. The summed E-state index contributed by atoms with van der Waals surface area (Å²) >= 11 is 0. The number of hydrogen-bond donors (Lipinski definition) is 1. The fourth-order valence-electron chi connectivity index (χ4n) is 2.52. The van der Waals surface area contributed by atoms with Gasteiger partial charge < -0.3 is 19.9 Å². The Morgan fingerprint density at radius 1 is 0.778 bits per heavy atom. The van der Waals surface area contributed by atoms with Gasteiger partial charge in [0.15, 0.2) is 0 Å². The molecule has 0 aromatic heterocycles. The van der Waals surface area contributed by atoms with E-state index in [2.05, 4.69) is 4.74 Å². The van der Waals surface area contributed by atoms with E-state index in [9.17, 15) is 4.79 Å². The lowest BCUT2D eigenvalue weighted by Crippen LogP contribution is -2.33. The standard InChI is InChI=1S/C22H21NO4/c1-25-22(24)21(23)15-16-7-9-18(10-8-16)27-20-13-11-19(12-14-20)26-17-5-3-2-4-6-17/h2-14,21H,15,23H2,1H3/t21-/m1/s1. The second-order valence-electron chi connectivity index (χ2n) is 5.97. The number of rotatable bonds is 7. The number of carbonyl (C=O) groups excluding carboxylic acids is 1. The minimum absolute atomic E-state index is 0.415. The highest BCUT2D eigenvalue weighted by molar-refractivity contribution is 5.75. The van der Waals surface area contributed by atoms with Crippen LogP contribution in [0.4, 0.5) is 0 Å². The molecule has 0 radical (unpaired) electrons. The molecule has 0 saturated heterocycles. The van der Waals surface area contributed by atoms with Crippen LogP contribution in [0.5, 0.6) is 23.0 Å². The molecule has 27 heavy (non-hydrogen) atoms. The highest BCUT2D eigenvalue weighted by Gasteiger charge is 2.14. The average Bonchev–Trinajstić information content (AvgIpc) is 2.71. The molecule has 0 aliphatic rings. The number of benzene rings is 3. The molecule has 0 unspecified atom stereocenters. The molecule has 0 aliphatic carbocycles. The van der Waals surface area contributed by atoms with Gasteiger partial charge in [-0.05, 0) is 60.5 Å². The van der Waals surface area contributed by atoms with E-state index in [1.807, 2.05) is 78.9 Å². The van der Waals surface area contributed by atoms with Crippen LogP contribution in [0.2, 0.25) is 0 Å². The molecule has 0 bridgehead atoms. The largest absolute Gasteiger partial charge is 0.468 e. The first-order valence-corrected chi connectivity index (χ1v) is 8.57. The van der Waals surface area contributed by atoms with Crippen molar-refractivity contribution >= 4 is 5.97 Å². The van der Waals surface area contributed by atoms with Gasteiger partial charge in [-0.15, -0.1) is 0 Å². The van der Waals surface area contributed by atoms with Crippen LogP contribution in [0.15, 0.2) is 78.9 Å². The second kappa shape index (κ2) is 8.87. The molecule has 0 heterocycles. The number of nitrogens with two attached hydrogens (primary N) is 1. The van der Waals surface area contributed by atoms with Crippen LogP contribution in [-0.2, 0) is 16.0 Å². The normalized spacial score (nSPS) is 11.5. The predicted molar refractivity (Wildman–Crippen MR) is 103 cm³/mol. The zero-order valence-corrected chi connectivity index (χ0v) is 15.0. The van der Waals surface area contributed by atoms with Crippen LogP contribution in [0.25, 0.3) is 0 Å². The zero-order valence-electron chi connectivity index (χ0n) is 15.0. The first-order valence-electron chi connectivity index (χ1n) is 8.57. The number of methoxy groups -OCH3 is 1. The fraction of sp³-hybridized carbons (Fsp3) is 0.136. The van der Waals surface area contributed by atoms with E-state index in [0.717, 1.165) is 17.1 Å². The molecule has 0 spiro atoms. The minimum atomic E-state index is -0.668. The molecule has 5 heteroatoms. The molecule has 1 atom stereocenters. The third-order valence-electron chi connectivity index (χ3n) is 3.92. The Kier molecular flexibility index (Phi) is 6.07. The summed E-state index contributed by atoms with van der Waals surface area (Å²) in [4.78, 5) is 11.4. The Hall–Kier alpha value is -3.31. The summed E-state index contributed by atoms with van der Waals surface area (Å²) in [5.41, 5.74) is 6.71. The molecule has 0 aliphatic heterocycles. The maximum Gasteiger partial charge on any atom is 0.322 e. The molecule has 3 aromatic carbocycles. The Morgan fingerprint density at radius 2 is 1.22 bits per heavy atom. The van der Waals surface area contributed by atoms with Gasteiger partial charge in [0.1, 0.15) is 29.0 Å². The van der Waals surface area contributed by atoms with Gasteiger partial charge in [-0.25, -0.2) is 0 Å². The molecular weight excluding hydrogens is 342 g/mol. The SMILES string of the molecule is COC(=O)[C@H](N)Cc1ccc(Oc2ccc(Oc3ccccc3)cc2)cc1. The van der Waals surface area contributed by atoms with Crippen LogP contribution in [0.3, 0.4) is 0 Å². The van der Waals surface area contributed by atoms with Crippen molar-refractivity contribution in [2.75, 3.05) is 7.11 Å². The lowest BCUT2D eigenvalue weighted by atomic mass is 10.1. The molecule has 3 aromatic rings. The molecule has 0 amide bonds. The highest BCUT2D eigenvalue weighted by Crippen LogP contribution is 2.26. The van der Waals surface area contributed by atoms with Crippen LogP contribution in [0, 0.1) is 0 Å². The number of hydrogen-bond acceptors (Lipinski definition) is 5. The molecule has 5 nitrogen and oxygen atoms in total. The van der Waals surface area contributed by atoms with Crippen molar-refractivity contribution in [2.45, 2.75) is 12.5 Å². The van der Waals surface area contributed by atoms with Crippen molar-refractivity contribution in [2.24, 2.45) is 5.73 Å². The first kappa shape index (κ1) is 18.5. The summed E-state index contributed by atoms with van der Waals surface area (Å²) in [7, 11) is 1.33. The van der Waals surface area contributed by atoms with Crippen molar-refractivity contribution in [1.82, 2.24) is 0 Å². The Labute approximate surface area is 158 Å². The van der Waals surface area contributed by atoms with E-state index in [4.69, 9.17) is 15.2 Å². The monoisotopic (exact) mass is 363 g/mol. The van der Waals surface area contributed by atoms with Crippen molar-refractivity contribution < 1.29 is 19.0 Å². The average molecular weight is 363 g/mol. The van der Waals surface area contributed by atoms with Crippen molar-refractivity contribution in [3.63, 3.8) is 0 Å². The van der Waals surface area contributed by atoms with E-state index in [1.165, 1.54) is 7.11 Å². The van der Waals surface area contributed by atoms with E-state index in [-0.39, 0.29) is 0 Å². The van der Waals surface area contributed by atoms with Gasteiger partial charge in [-0.1, -0.05) is 30.3 Å². The van der Waals surface area contributed by atoms with E-state index in [1.54, 1.807) is 0 Å². The van der Waals surface area contributed by atoms with Crippen molar-refractivity contribution in [1.29, 1.82) is 0 Å². The maximum absolute atomic E-state index is 11.4. The topological polar surface area (TPSA) is 70.8 Å². The van der Waals surface area contributed by atoms with E-state index < -0.39 is 12.0 Å². The Bertz CT molecular complexity index is 861. The molecule has 0 fully saturated rings. The Balaban J connectivity index is 1.58. The van der Waals surface area contributed by atoms with Gasteiger partial charge in [-0.2, -0.15) is 0 Å². The molecular formula is C22H21NO4. The van der Waals surface area contributed by atoms with Crippen molar-refractivity contribution in [3.8, 4) is 23.0 Å². The van der Waals surface area contributed by atoms with Gasteiger partial charge in [0.25, 0.3) is 0 Å². The summed E-state index contributed by atoms with van der Waals surface area (Å²) in [6.45, 7) is 0. The van der Waals surface area contributed by atoms with E-state index in [0.29, 0.717) is 17.9 Å².